The van der Waals surface area contributed by atoms with Gasteiger partial charge in [-0.05, 0) is 19.3 Å². The van der Waals surface area contributed by atoms with Crippen molar-refractivity contribution in [1.29, 1.82) is 0 Å². The van der Waals surface area contributed by atoms with E-state index in [0.717, 1.165) is 0 Å². The fraction of sp³-hybridized carbons (Fsp3) is 0.818. The molecule has 1 saturated heterocycles. The summed E-state index contributed by atoms with van der Waals surface area (Å²) in [5.74, 6) is -0.0338. The molecule has 2 amide bonds. The van der Waals surface area contributed by atoms with Crippen LogP contribution in [-0.2, 0) is 9.59 Å². The first kappa shape index (κ1) is 12.0. The number of piperazine rings is 1. The second-order valence-electron chi connectivity index (χ2n) is 5.11. The van der Waals surface area contributed by atoms with Crippen LogP contribution in [0.2, 0.25) is 0 Å². The van der Waals surface area contributed by atoms with Crippen LogP contribution in [-0.4, -0.2) is 35.3 Å². The van der Waals surface area contributed by atoms with Crippen LogP contribution in [0.1, 0.15) is 34.6 Å². The number of nitrogens with zero attached hydrogens (tertiary/aromatic N) is 1. The van der Waals surface area contributed by atoms with E-state index in [1.165, 1.54) is 0 Å². The van der Waals surface area contributed by atoms with Gasteiger partial charge in [0.2, 0.25) is 11.8 Å². The van der Waals surface area contributed by atoms with E-state index in [1.807, 2.05) is 27.7 Å². The van der Waals surface area contributed by atoms with Gasteiger partial charge >= 0.3 is 0 Å². The monoisotopic (exact) mass is 212 g/mol. The number of rotatable bonds is 1. The summed E-state index contributed by atoms with van der Waals surface area (Å²) in [7, 11) is 0. The van der Waals surface area contributed by atoms with Crippen LogP contribution in [0.4, 0.5) is 0 Å². The van der Waals surface area contributed by atoms with Crippen molar-refractivity contribution < 1.29 is 9.59 Å². The molecule has 0 saturated carbocycles. The Morgan fingerprint density at radius 2 is 1.87 bits per heavy atom. The van der Waals surface area contributed by atoms with Crippen molar-refractivity contribution in [2.24, 2.45) is 5.41 Å². The molecule has 0 aromatic heterocycles. The zero-order valence-corrected chi connectivity index (χ0v) is 10.1. The summed E-state index contributed by atoms with van der Waals surface area (Å²) in [5, 5.41) is 2.79. The van der Waals surface area contributed by atoms with Gasteiger partial charge in [-0.3, -0.25) is 9.59 Å². The maximum Gasteiger partial charge on any atom is 0.246 e. The van der Waals surface area contributed by atoms with Crippen molar-refractivity contribution in [2.45, 2.75) is 46.7 Å². The van der Waals surface area contributed by atoms with Crippen molar-refractivity contribution in [1.82, 2.24) is 10.2 Å². The van der Waals surface area contributed by atoms with Gasteiger partial charge in [-0.2, -0.15) is 0 Å². The zero-order chi connectivity index (χ0) is 11.8. The highest BCUT2D eigenvalue weighted by Crippen LogP contribution is 2.24. The number of nitrogens with one attached hydrogen (secondary N) is 1. The maximum absolute atomic E-state index is 12.1. The Hall–Kier alpha value is -1.06. The molecule has 1 N–H and O–H groups in total. The van der Waals surface area contributed by atoms with Gasteiger partial charge in [0, 0.05) is 6.54 Å². The van der Waals surface area contributed by atoms with E-state index < -0.39 is 6.04 Å². The number of likely N-dealkylation sites (N-methyl/N-ethyl adjacent to an activating group) is 1. The molecule has 1 heterocycles. The number of amides is 2. The summed E-state index contributed by atoms with van der Waals surface area (Å²) in [4.78, 5) is 25.4. The van der Waals surface area contributed by atoms with Crippen LogP contribution in [0.3, 0.4) is 0 Å². The fourth-order valence-corrected chi connectivity index (χ4v) is 1.84. The number of carbonyl (C=O) groups excluding carboxylic acids is 2. The van der Waals surface area contributed by atoms with Crippen molar-refractivity contribution in [3.05, 3.63) is 0 Å². The van der Waals surface area contributed by atoms with Gasteiger partial charge in [-0.1, -0.05) is 20.8 Å². The molecule has 0 spiro atoms. The van der Waals surface area contributed by atoms with Crippen LogP contribution < -0.4 is 5.32 Å². The van der Waals surface area contributed by atoms with Gasteiger partial charge in [-0.25, -0.2) is 0 Å². The van der Waals surface area contributed by atoms with Gasteiger partial charge in [0.15, 0.2) is 0 Å². The highest BCUT2D eigenvalue weighted by atomic mass is 16.2. The molecule has 0 bridgehead atoms. The van der Waals surface area contributed by atoms with E-state index in [9.17, 15) is 9.59 Å². The fourth-order valence-electron chi connectivity index (χ4n) is 1.84. The highest BCUT2D eigenvalue weighted by Gasteiger charge is 2.42. The highest BCUT2D eigenvalue weighted by molar-refractivity contribution is 5.97. The molecular formula is C11H20N2O2. The van der Waals surface area contributed by atoms with Gasteiger partial charge < -0.3 is 10.2 Å². The summed E-state index contributed by atoms with van der Waals surface area (Å²) in [6.07, 6.45) is 0. The topological polar surface area (TPSA) is 49.4 Å². The van der Waals surface area contributed by atoms with E-state index in [2.05, 4.69) is 5.32 Å². The van der Waals surface area contributed by atoms with Gasteiger partial charge in [0.25, 0.3) is 0 Å². The van der Waals surface area contributed by atoms with Crippen molar-refractivity contribution >= 4 is 11.8 Å². The maximum atomic E-state index is 12.1. The largest absolute Gasteiger partial charge is 0.342 e. The number of carbonyl (C=O) groups is 2. The number of hydrogen-bond donors (Lipinski definition) is 1. The van der Waals surface area contributed by atoms with Crippen molar-refractivity contribution in [3.8, 4) is 0 Å². The van der Waals surface area contributed by atoms with E-state index in [-0.39, 0.29) is 23.3 Å². The Morgan fingerprint density at radius 3 is 2.27 bits per heavy atom. The first-order valence-electron chi connectivity index (χ1n) is 5.40. The minimum atomic E-state index is -0.402. The summed E-state index contributed by atoms with van der Waals surface area (Å²) in [6, 6.07) is -0.748. The lowest BCUT2D eigenvalue weighted by molar-refractivity contribution is -0.151. The van der Waals surface area contributed by atoms with Crippen LogP contribution in [0.15, 0.2) is 0 Å². The standard InChI is InChI=1S/C11H20N2O2/c1-6-13-7(2)9(14)12-8(10(13)15)11(3,4)5/h7-8H,6H2,1-5H3,(H,12,14). The Bertz CT molecular complexity index is 281. The minimum absolute atomic E-state index is 0.0251. The van der Waals surface area contributed by atoms with E-state index in [1.54, 1.807) is 11.8 Å². The quantitative estimate of drug-likeness (QED) is 0.698. The molecule has 15 heavy (non-hydrogen) atoms. The Balaban J connectivity index is 2.96. The first-order chi connectivity index (χ1) is 6.79. The summed E-state index contributed by atoms with van der Waals surface area (Å²) < 4.78 is 0. The molecule has 1 rings (SSSR count). The van der Waals surface area contributed by atoms with Crippen molar-refractivity contribution in [2.75, 3.05) is 6.54 Å². The van der Waals surface area contributed by atoms with Crippen molar-refractivity contribution in [3.63, 3.8) is 0 Å². The lowest BCUT2D eigenvalue weighted by atomic mass is 9.84. The average Bonchev–Trinajstić information content (AvgIpc) is 2.10. The molecule has 0 aromatic rings. The number of hydrogen-bond acceptors (Lipinski definition) is 2. The molecule has 0 aliphatic carbocycles. The second-order valence-corrected chi connectivity index (χ2v) is 5.11. The second kappa shape index (κ2) is 3.83. The zero-order valence-electron chi connectivity index (χ0n) is 10.1. The molecule has 2 atom stereocenters. The predicted octanol–water partition coefficient (Wildman–Crippen LogP) is 0.768. The molecule has 1 aliphatic rings. The molecule has 1 aliphatic heterocycles. The van der Waals surface area contributed by atoms with Crippen LogP contribution in [0.5, 0.6) is 0 Å². The predicted molar refractivity (Wildman–Crippen MR) is 58.2 cm³/mol. The molecule has 86 valence electrons. The molecular weight excluding hydrogens is 192 g/mol. The minimum Gasteiger partial charge on any atom is -0.342 e. The van der Waals surface area contributed by atoms with Gasteiger partial charge in [0.1, 0.15) is 12.1 Å². The molecule has 0 radical (unpaired) electrons. The Kier molecular flexibility index (Phi) is 3.07. The third-order valence-corrected chi connectivity index (χ3v) is 2.87. The Morgan fingerprint density at radius 1 is 1.33 bits per heavy atom. The van der Waals surface area contributed by atoms with E-state index in [0.29, 0.717) is 6.54 Å². The lowest BCUT2D eigenvalue weighted by Crippen LogP contribution is -2.65. The summed E-state index contributed by atoms with van der Waals surface area (Å²) in [6.45, 7) is 10.1. The van der Waals surface area contributed by atoms with Gasteiger partial charge in [-0.15, -0.1) is 0 Å². The summed E-state index contributed by atoms with van der Waals surface area (Å²) >= 11 is 0. The van der Waals surface area contributed by atoms with Crippen LogP contribution >= 0.6 is 0 Å². The SMILES string of the molecule is CCN1C(=O)C(C(C)(C)C)NC(=O)C1C. The first-order valence-corrected chi connectivity index (χ1v) is 5.40. The molecule has 1 fully saturated rings. The third-order valence-electron chi connectivity index (χ3n) is 2.87. The van der Waals surface area contributed by atoms with E-state index >= 15 is 0 Å². The van der Waals surface area contributed by atoms with E-state index in [4.69, 9.17) is 0 Å². The summed E-state index contributed by atoms with van der Waals surface area (Å²) in [5.41, 5.74) is -0.236. The average molecular weight is 212 g/mol. The molecule has 4 heteroatoms. The Labute approximate surface area is 91.0 Å². The smallest absolute Gasteiger partial charge is 0.246 e. The normalized spacial score (nSPS) is 27.9. The van der Waals surface area contributed by atoms with Crippen LogP contribution in [0, 0.1) is 5.41 Å². The van der Waals surface area contributed by atoms with Gasteiger partial charge in [0.05, 0.1) is 0 Å². The van der Waals surface area contributed by atoms with Crippen LogP contribution in [0.25, 0.3) is 0 Å². The molecule has 2 unspecified atom stereocenters. The third kappa shape index (κ3) is 2.13. The molecule has 0 aromatic carbocycles. The lowest BCUT2D eigenvalue weighted by Gasteiger charge is -2.41. The molecule has 4 nitrogen and oxygen atoms in total.